The van der Waals surface area contributed by atoms with E-state index in [9.17, 15) is 0 Å². The molecule has 8 rings (SSSR count). The molecule has 0 amide bonds. The maximum Gasteiger partial charge on any atom is 0.0165 e. The maximum absolute atomic E-state index is 4.39. The minimum absolute atomic E-state index is 0.173. The first-order valence-corrected chi connectivity index (χ1v) is 15.0. The molecule has 0 heterocycles. The van der Waals surface area contributed by atoms with E-state index in [1.807, 2.05) is 12.2 Å². The summed E-state index contributed by atoms with van der Waals surface area (Å²) >= 11 is 0. The standard InChI is InChI=1S/C43H32/c1-5-29-30(6-2)40(35-21-12-11-20-34(35)39(29)33-22-13-17-27-15-7-9-18-31(27)33)36-23-14-24-37-41-32-19-10-8-16-28(32)25-26-38(41)43(3,4)42(36)37/h5-26H,1-2H2,3-4H3. The van der Waals surface area contributed by atoms with Crippen LogP contribution in [-0.2, 0) is 5.41 Å². The summed E-state index contributed by atoms with van der Waals surface area (Å²) in [6.07, 6.45) is 4.07. The quantitative estimate of drug-likeness (QED) is 0.205. The monoisotopic (exact) mass is 548 g/mol. The number of hydrogen-bond acceptors (Lipinski definition) is 0. The lowest BCUT2D eigenvalue weighted by Gasteiger charge is -2.27. The average Bonchev–Trinajstić information content (AvgIpc) is 3.30. The summed E-state index contributed by atoms with van der Waals surface area (Å²) in [5.74, 6) is 0. The van der Waals surface area contributed by atoms with Gasteiger partial charge >= 0.3 is 0 Å². The molecule has 0 aliphatic heterocycles. The van der Waals surface area contributed by atoms with E-state index < -0.39 is 0 Å². The summed E-state index contributed by atoms with van der Waals surface area (Å²) in [5.41, 5.74) is 12.4. The van der Waals surface area contributed by atoms with Gasteiger partial charge in [-0.2, -0.15) is 0 Å². The predicted molar refractivity (Wildman–Crippen MR) is 188 cm³/mol. The molecule has 204 valence electrons. The highest BCUT2D eigenvalue weighted by molar-refractivity contribution is 6.16. The first-order chi connectivity index (χ1) is 21.0. The molecule has 1 aliphatic carbocycles. The molecule has 0 radical (unpaired) electrons. The lowest BCUT2D eigenvalue weighted by atomic mass is 9.76. The molecule has 0 N–H and O–H groups in total. The van der Waals surface area contributed by atoms with Crippen molar-refractivity contribution in [1.82, 2.24) is 0 Å². The van der Waals surface area contributed by atoms with E-state index in [0.29, 0.717) is 0 Å². The maximum atomic E-state index is 4.39. The Morgan fingerprint density at radius 2 is 0.907 bits per heavy atom. The molecule has 1 aliphatic rings. The van der Waals surface area contributed by atoms with Crippen molar-refractivity contribution < 1.29 is 0 Å². The number of rotatable bonds is 4. The van der Waals surface area contributed by atoms with Gasteiger partial charge in [0.1, 0.15) is 0 Å². The summed E-state index contributed by atoms with van der Waals surface area (Å²) in [4.78, 5) is 0. The highest BCUT2D eigenvalue weighted by Crippen LogP contribution is 2.56. The fraction of sp³-hybridized carbons (Fsp3) is 0.0698. The van der Waals surface area contributed by atoms with Gasteiger partial charge in [0.25, 0.3) is 0 Å². The zero-order valence-corrected chi connectivity index (χ0v) is 24.6. The smallest absolute Gasteiger partial charge is 0.0165 e. The number of benzene rings is 7. The van der Waals surface area contributed by atoms with Crippen molar-refractivity contribution in [3.63, 3.8) is 0 Å². The van der Waals surface area contributed by atoms with Crippen molar-refractivity contribution in [3.8, 4) is 33.4 Å². The lowest BCUT2D eigenvalue weighted by Crippen LogP contribution is -2.16. The van der Waals surface area contributed by atoms with Crippen LogP contribution in [0.4, 0.5) is 0 Å². The summed E-state index contributed by atoms with van der Waals surface area (Å²) in [6, 6.07) is 44.4. The van der Waals surface area contributed by atoms with E-state index in [0.717, 1.165) is 11.1 Å². The summed E-state index contributed by atoms with van der Waals surface area (Å²) in [7, 11) is 0. The fourth-order valence-electron chi connectivity index (χ4n) is 7.79. The van der Waals surface area contributed by atoms with Crippen molar-refractivity contribution in [2.75, 3.05) is 0 Å². The van der Waals surface area contributed by atoms with Crippen LogP contribution in [0.15, 0.2) is 134 Å². The second-order valence-corrected chi connectivity index (χ2v) is 12.1. The molecular weight excluding hydrogens is 516 g/mol. The van der Waals surface area contributed by atoms with E-state index in [4.69, 9.17) is 0 Å². The summed E-state index contributed by atoms with van der Waals surface area (Å²) in [5, 5.41) is 7.53. The Morgan fingerprint density at radius 3 is 1.56 bits per heavy atom. The van der Waals surface area contributed by atoms with Gasteiger partial charge in [0, 0.05) is 5.41 Å². The van der Waals surface area contributed by atoms with E-state index in [1.165, 1.54) is 76.8 Å². The van der Waals surface area contributed by atoms with Crippen molar-refractivity contribution in [2.24, 2.45) is 0 Å². The van der Waals surface area contributed by atoms with Crippen molar-refractivity contribution in [1.29, 1.82) is 0 Å². The molecule has 0 saturated heterocycles. The third kappa shape index (κ3) is 3.50. The zero-order valence-electron chi connectivity index (χ0n) is 24.6. The van der Waals surface area contributed by atoms with E-state index in [-0.39, 0.29) is 5.41 Å². The molecule has 0 heteroatoms. The van der Waals surface area contributed by atoms with E-state index >= 15 is 0 Å². The molecule has 0 saturated carbocycles. The Kier molecular flexibility index (Phi) is 5.58. The molecule has 0 fully saturated rings. The summed E-state index contributed by atoms with van der Waals surface area (Å²) in [6.45, 7) is 13.5. The Hall–Kier alpha value is -5.20. The second kappa shape index (κ2) is 9.41. The highest BCUT2D eigenvalue weighted by atomic mass is 14.4. The number of fused-ring (bicyclic) bond motifs is 7. The summed E-state index contributed by atoms with van der Waals surface area (Å²) < 4.78 is 0. The third-order valence-corrected chi connectivity index (χ3v) is 9.59. The normalized spacial score (nSPS) is 13.3. The Labute approximate surface area is 253 Å². The van der Waals surface area contributed by atoms with Crippen molar-refractivity contribution in [3.05, 3.63) is 157 Å². The molecule has 0 nitrogen and oxygen atoms in total. The molecule has 7 aromatic carbocycles. The van der Waals surface area contributed by atoms with Gasteiger partial charge in [0.2, 0.25) is 0 Å². The van der Waals surface area contributed by atoms with Crippen LogP contribution < -0.4 is 0 Å². The topological polar surface area (TPSA) is 0 Å². The molecule has 0 spiro atoms. The van der Waals surface area contributed by atoms with Gasteiger partial charge in [-0.05, 0) is 88.0 Å². The van der Waals surface area contributed by atoms with Crippen LogP contribution in [0.5, 0.6) is 0 Å². The van der Waals surface area contributed by atoms with Gasteiger partial charge in [-0.3, -0.25) is 0 Å². The van der Waals surface area contributed by atoms with Crippen LogP contribution in [0, 0.1) is 0 Å². The SMILES string of the molecule is C=Cc1c(C=C)c(-c2cccc3ccccc23)c2ccccc2c1-c1cccc2c1C(C)(C)c1ccc3ccccc3c1-2. The van der Waals surface area contributed by atoms with Gasteiger partial charge in [-0.25, -0.2) is 0 Å². The van der Waals surface area contributed by atoms with Crippen molar-refractivity contribution >= 4 is 44.5 Å². The van der Waals surface area contributed by atoms with Crippen LogP contribution in [-0.4, -0.2) is 0 Å². The first kappa shape index (κ1) is 25.5. The molecule has 0 unspecified atom stereocenters. The van der Waals surface area contributed by atoms with Crippen LogP contribution >= 0.6 is 0 Å². The van der Waals surface area contributed by atoms with E-state index in [1.54, 1.807) is 0 Å². The predicted octanol–water partition coefficient (Wildman–Crippen LogP) is 12.1. The molecule has 7 aromatic rings. The Morgan fingerprint density at radius 1 is 0.442 bits per heavy atom. The van der Waals surface area contributed by atoms with Crippen LogP contribution in [0.2, 0.25) is 0 Å². The third-order valence-electron chi connectivity index (χ3n) is 9.59. The van der Waals surface area contributed by atoms with Crippen LogP contribution in [0.1, 0.15) is 36.1 Å². The van der Waals surface area contributed by atoms with Crippen molar-refractivity contribution in [2.45, 2.75) is 19.3 Å². The molecule has 0 atom stereocenters. The van der Waals surface area contributed by atoms with Gasteiger partial charge in [-0.1, -0.05) is 160 Å². The largest absolute Gasteiger partial charge is 0.0984 e. The number of hydrogen-bond donors (Lipinski definition) is 0. The lowest BCUT2D eigenvalue weighted by molar-refractivity contribution is 0.662. The highest BCUT2D eigenvalue weighted by Gasteiger charge is 2.39. The Balaban J connectivity index is 1.51. The minimum Gasteiger partial charge on any atom is -0.0984 e. The molecule has 0 aromatic heterocycles. The average molecular weight is 549 g/mol. The molecule has 0 bridgehead atoms. The van der Waals surface area contributed by atoms with Gasteiger partial charge in [-0.15, -0.1) is 0 Å². The van der Waals surface area contributed by atoms with E-state index in [2.05, 4.69) is 148 Å². The first-order valence-electron chi connectivity index (χ1n) is 15.0. The van der Waals surface area contributed by atoms with Crippen LogP contribution in [0.3, 0.4) is 0 Å². The molecular formula is C43H32. The second-order valence-electron chi connectivity index (χ2n) is 12.1. The van der Waals surface area contributed by atoms with Gasteiger partial charge in [0.05, 0.1) is 0 Å². The zero-order chi connectivity index (χ0) is 29.3. The minimum atomic E-state index is -0.173. The molecule has 43 heavy (non-hydrogen) atoms. The fourth-order valence-corrected chi connectivity index (χ4v) is 7.79. The Bertz CT molecular complexity index is 2290. The van der Waals surface area contributed by atoms with Crippen LogP contribution in [0.25, 0.3) is 77.9 Å². The van der Waals surface area contributed by atoms with Gasteiger partial charge < -0.3 is 0 Å². The van der Waals surface area contributed by atoms with Gasteiger partial charge in [0.15, 0.2) is 0 Å².